The number of carbonyl (C=O) groups is 1. The molecule has 0 saturated heterocycles. The summed E-state index contributed by atoms with van der Waals surface area (Å²) in [6.07, 6.45) is -4.29. The van der Waals surface area contributed by atoms with E-state index in [1.165, 1.54) is 7.11 Å². The van der Waals surface area contributed by atoms with Gasteiger partial charge in [-0.05, 0) is 12.1 Å². The number of phenols is 3. The Morgan fingerprint density at radius 2 is 1.39 bits per heavy atom. The minimum absolute atomic E-state index is 0.0321. The minimum Gasteiger partial charge on any atom is -0.504 e. The van der Waals surface area contributed by atoms with Gasteiger partial charge < -0.3 is 45.6 Å². The van der Waals surface area contributed by atoms with E-state index in [1.54, 1.807) is 0 Å². The van der Waals surface area contributed by atoms with Gasteiger partial charge in [-0.15, -0.1) is 0 Å². The van der Waals surface area contributed by atoms with Crippen LogP contribution in [-0.2, 0) is 4.74 Å². The zero-order chi connectivity index (χ0) is 18.2. The Kier molecular flexibility index (Phi) is 8.92. The number of ether oxygens (including phenoxy) is 1. The molecule has 0 aliphatic heterocycles. The lowest BCUT2D eigenvalue weighted by Gasteiger charge is -2.19. The van der Waals surface area contributed by atoms with Gasteiger partial charge in [-0.2, -0.15) is 0 Å². The van der Waals surface area contributed by atoms with Crippen molar-refractivity contribution >= 4 is 5.97 Å². The van der Waals surface area contributed by atoms with Crippen LogP contribution in [0.2, 0.25) is 0 Å². The van der Waals surface area contributed by atoms with Crippen LogP contribution in [0.1, 0.15) is 10.4 Å². The quantitative estimate of drug-likeness (QED) is 0.213. The maximum absolute atomic E-state index is 10.9. The maximum atomic E-state index is 10.9. The van der Waals surface area contributed by atoms with E-state index in [1.807, 2.05) is 0 Å². The predicted octanol–water partition coefficient (Wildman–Crippen LogP) is -2.36. The summed E-state index contributed by atoms with van der Waals surface area (Å²) in [5.41, 5.74) is -0.0321. The standard InChI is InChI=1S/C8H8O5.C5H12O5/c1-13-8(12)4-2-5(9)7(11)6(10)3-4;6-1-3(8)5(10)4(9)2-7/h2-3,9-11H,1H3;3-10H,1-2H2. The average Bonchev–Trinajstić information content (AvgIpc) is 2.56. The van der Waals surface area contributed by atoms with Crippen molar-refractivity contribution in [3.63, 3.8) is 0 Å². The molecule has 23 heavy (non-hydrogen) atoms. The van der Waals surface area contributed by atoms with Crippen molar-refractivity contribution in [3.05, 3.63) is 17.7 Å². The number of rotatable bonds is 5. The first kappa shape index (κ1) is 20.9. The Bertz CT molecular complexity index is 471. The van der Waals surface area contributed by atoms with Crippen LogP contribution in [0.25, 0.3) is 0 Å². The number of hydrogen-bond acceptors (Lipinski definition) is 10. The lowest BCUT2D eigenvalue weighted by molar-refractivity contribution is -0.0900. The summed E-state index contributed by atoms with van der Waals surface area (Å²) in [5.74, 6) is -2.50. The molecule has 132 valence electrons. The van der Waals surface area contributed by atoms with Gasteiger partial charge in [-0.1, -0.05) is 0 Å². The molecular weight excluding hydrogens is 316 g/mol. The summed E-state index contributed by atoms with van der Waals surface area (Å²) in [6, 6.07) is 2.00. The highest BCUT2D eigenvalue weighted by Gasteiger charge is 2.22. The van der Waals surface area contributed by atoms with Crippen molar-refractivity contribution in [2.24, 2.45) is 0 Å². The largest absolute Gasteiger partial charge is 0.504 e. The number of esters is 1. The van der Waals surface area contributed by atoms with Crippen LogP contribution in [0.3, 0.4) is 0 Å². The normalized spacial score (nSPS) is 14.2. The zero-order valence-electron chi connectivity index (χ0n) is 12.2. The van der Waals surface area contributed by atoms with Gasteiger partial charge in [0.15, 0.2) is 17.2 Å². The molecule has 1 aromatic rings. The fourth-order valence-corrected chi connectivity index (χ4v) is 1.31. The molecule has 2 atom stereocenters. The zero-order valence-corrected chi connectivity index (χ0v) is 12.2. The van der Waals surface area contributed by atoms with Crippen LogP contribution in [-0.4, -0.2) is 85.5 Å². The third kappa shape index (κ3) is 6.26. The van der Waals surface area contributed by atoms with Crippen molar-refractivity contribution in [3.8, 4) is 17.2 Å². The van der Waals surface area contributed by atoms with Gasteiger partial charge >= 0.3 is 5.97 Å². The molecule has 10 heteroatoms. The van der Waals surface area contributed by atoms with Crippen LogP contribution in [0, 0.1) is 0 Å². The molecular formula is C13H20O10. The van der Waals surface area contributed by atoms with Crippen LogP contribution in [0.15, 0.2) is 12.1 Å². The third-order valence-corrected chi connectivity index (χ3v) is 2.65. The Morgan fingerprint density at radius 3 is 1.70 bits per heavy atom. The number of hydrogen-bond donors (Lipinski definition) is 8. The van der Waals surface area contributed by atoms with Gasteiger partial charge in [0, 0.05) is 0 Å². The van der Waals surface area contributed by atoms with Crippen molar-refractivity contribution in [1.82, 2.24) is 0 Å². The van der Waals surface area contributed by atoms with E-state index >= 15 is 0 Å². The van der Waals surface area contributed by atoms with E-state index in [4.69, 9.17) is 40.9 Å². The first-order valence-corrected chi connectivity index (χ1v) is 6.28. The summed E-state index contributed by atoms with van der Waals surface area (Å²) >= 11 is 0. The topological polar surface area (TPSA) is 188 Å². The van der Waals surface area contributed by atoms with Crippen LogP contribution >= 0.6 is 0 Å². The number of carbonyl (C=O) groups excluding carboxylic acids is 1. The Labute approximate surface area is 131 Å². The van der Waals surface area contributed by atoms with E-state index in [2.05, 4.69) is 4.74 Å². The number of aliphatic hydroxyl groups is 5. The number of phenolic OH excluding ortho intramolecular Hbond substituents is 3. The predicted molar refractivity (Wildman–Crippen MR) is 75.0 cm³/mol. The molecule has 0 bridgehead atoms. The highest BCUT2D eigenvalue weighted by atomic mass is 16.5. The lowest BCUT2D eigenvalue weighted by Crippen LogP contribution is -2.41. The number of aromatic hydroxyl groups is 3. The second-order valence-electron chi connectivity index (χ2n) is 4.35. The van der Waals surface area contributed by atoms with Gasteiger partial charge in [0.2, 0.25) is 0 Å². The molecule has 1 aromatic carbocycles. The molecule has 0 amide bonds. The maximum Gasteiger partial charge on any atom is 0.338 e. The third-order valence-electron chi connectivity index (χ3n) is 2.65. The molecule has 0 spiro atoms. The van der Waals surface area contributed by atoms with E-state index in [0.717, 1.165) is 12.1 Å². The summed E-state index contributed by atoms with van der Waals surface area (Å²) in [7, 11) is 1.17. The number of aliphatic hydroxyl groups excluding tert-OH is 5. The molecule has 0 saturated carbocycles. The van der Waals surface area contributed by atoms with Crippen LogP contribution in [0.5, 0.6) is 17.2 Å². The highest BCUT2D eigenvalue weighted by molar-refractivity contribution is 5.90. The van der Waals surface area contributed by atoms with Crippen molar-refractivity contribution in [1.29, 1.82) is 0 Å². The molecule has 0 aromatic heterocycles. The minimum atomic E-state index is -1.49. The van der Waals surface area contributed by atoms with E-state index in [-0.39, 0.29) is 5.56 Å². The molecule has 10 nitrogen and oxygen atoms in total. The van der Waals surface area contributed by atoms with Crippen molar-refractivity contribution in [2.75, 3.05) is 20.3 Å². The van der Waals surface area contributed by atoms with Gasteiger partial charge in [-0.3, -0.25) is 0 Å². The highest BCUT2D eigenvalue weighted by Crippen LogP contribution is 2.35. The first-order chi connectivity index (χ1) is 10.7. The van der Waals surface area contributed by atoms with Crippen molar-refractivity contribution < 1.29 is 50.4 Å². The molecule has 0 heterocycles. The fourth-order valence-electron chi connectivity index (χ4n) is 1.31. The van der Waals surface area contributed by atoms with Gasteiger partial charge in [-0.25, -0.2) is 4.79 Å². The Morgan fingerprint density at radius 1 is 1.00 bits per heavy atom. The molecule has 0 aliphatic carbocycles. The molecule has 0 radical (unpaired) electrons. The van der Waals surface area contributed by atoms with E-state index < -0.39 is 54.7 Å². The van der Waals surface area contributed by atoms with Crippen LogP contribution in [0.4, 0.5) is 0 Å². The summed E-state index contributed by atoms with van der Waals surface area (Å²) < 4.78 is 4.34. The monoisotopic (exact) mass is 336 g/mol. The summed E-state index contributed by atoms with van der Waals surface area (Å²) in [4.78, 5) is 10.9. The SMILES string of the molecule is COC(=O)c1cc(O)c(O)c(O)c1.OCC(O)C(O)C(O)CO. The van der Waals surface area contributed by atoms with Crippen LogP contribution < -0.4 is 0 Å². The van der Waals surface area contributed by atoms with Gasteiger partial charge in [0.1, 0.15) is 18.3 Å². The second-order valence-corrected chi connectivity index (χ2v) is 4.35. The smallest absolute Gasteiger partial charge is 0.338 e. The van der Waals surface area contributed by atoms with Gasteiger partial charge in [0.05, 0.1) is 25.9 Å². The molecule has 0 aliphatic rings. The summed E-state index contributed by atoms with van der Waals surface area (Å²) in [5, 5.41) is 69.5. The average molecular weight is 336 g/mol. The molecule has 2 unspecified atom stereocenters. The van der Waals surface area contributed by atoms with E-state index in [9.17, 15) is 4.79 Å². The fraction of sp³-hybridized carbons (Fsp3) is 0.462. The van der Waals surface area contributed by atoms with Crippen molar-refractivity contribution in [2.45, 2.75) is 18.3 Å². The molecule has 0 fully saturated rings. The second kappa shape index (κ2) is 9.82. The number of methoxy groups -OCH3 is 1. The van der Waals surface area contributed by atoms with E-state index in [0.29, 0.717) is 0 Å². The summed E-state index contributed by atoms with van der Waals surface area (Å²) in [6.45, 7) is -1.28. The number of benzene rings is 1. The van der Waals surface area contributed by atoms with Gasteiger partial charge in [0.25, 0.3) is 0 Å². The Hall–Kier alpha value is -2.11. The first-order valence-electron chi connectivity index (χ1n) is 6.28. The Balaban J connectivity index is 0.000000438. The lowest BCUT2D eigenvalue weighted by atomic mass is 10.1. The molecule has 1 rings (SSSR count). The molecule has 8 N–H and O–H groups in total.